The van der Waals surface area contributed by atoms with Gasteiger partial charge in [0.25, 0.3) is 17.7 Å². The molecule has 1 saturated heterocycles. The van der Waals surface area contributed by atoms with Crippen molar-refractivity contribution < 1.29 is 19.2 Å². The van der Waals surface area contributed by atoms with Gasteiger partial charge in [0.1, 0.15) is 6.54 Å². The molecule has 4 aromatic carbocycles. The molecule has 9 heteroatoms. The Balaban J connectivity index is 1.34. The van der Waals surface area contributed by atoms with Crippen molar-refractivity contribution >= 4 is 58.3 Å². The number of Topliss-reactive ketones (excluding diaryl/α,β-unsaturated/α-hetero) is 1. The monoisotopic (exact) mass is 614 g/mol. The quantitative estimate of drug-likeness (QED) is 0.183. The molecule has 1 aliphatic heterocycles. The van der Waals surface area contributed by atoms with Gasteiger partial charge in [-0.05, 0) is 64.7 Å². The molecule has 8 rings (SSSR count). The zero-order chi connectivity index (χ0) is 29.3. The van der Waals surface area contributed by atoms with E-state index in [-0.39, 0.29) is 28.0 Å². The van der Waals surface area contributed by atoms with E-state index >= 15 is 0 Å². The van der Waals surface area contributed by atoms with Crippen LogP contribution in [0.25, 0.3) is 0 Å². The molecular formula is C33H21Cl3N2O4. The minimum Gasteiger partial charge on any atom is -0.292 e. The Morgan fingerprint density at radius 3 is 1.62 bits per heavy atom. The van der Waals surface area contributed by atoms with E-state index in [1.54, 1.807) is 12.1 Å². The lowest BCUT2D eigenvalue weighted by atomic mass is 9.55. The van der Waals surface area contributed by atoms with Crippen molar-refractivity contribution in [3.63, 3.8) is 0 Å². The van der Waals surface area contributed by atoms with E-state index in [4.69, 9.17) is 34.8 Å². The Kier molecular flexibility index (Phi) is 6.46. The number of halogens is 3. The largest absolute Gasteiger partial charge is 0.292 e. The van der Waals surface area contributed by atoms with Gasteiger partial charge in [-0.2, -0.15) is 5.01 Å². The number of hydrogen-bond acceptors (Lipinski definition) is 4. The molecule has 2 atom stereocenters. The number of ketones is 1. The van der Waals surface area contributed by atoms with E-state index in [1.807, 2.05) is 48.5 Å². The van der Waals surface area contributed by atoms with Crippen molar-refractivity contribution in [2.45, 2.75) is 11.8 Å². The van der Waals surface area contributed by atoms with Crippen LogP contribution in [0.1, 0.15) is 54.8 Å². The van der Waals surface area contributed by atoms with Gasteiger partial charge in [0.15, 0.2) is 5.78 Å². The van der Waals surface area contributed by atoms with Crippen LogP contribution in [0.4, 0.5) is 0 Å². The summed E-state index contributed by atoms with van der Waals surface area (Å²) in [5, 5.41) is 2.61. The highest BCUT2D eigenvalue weighted by Crippen LogP contribution is 2.61. The number of benzene rings is 4. The third kappa shape index (κ3) is 4.01. The zero-order valence-electron chi connectivity index (χ0n) is 21.8. The van der Waals surface area contributed by atoms with Gasteiger partial charge in [-0.25, -0.2) is 5.01 Å². The molecule has 3 amide bonds. The Morgan fingerprint density at radius 2 is 1.14 bits per heavy atom. The zero-order valence-corrected chi connectivity index (χ0v) is 24.1. The Morgan fingerprint density at radius 1 is 0.667 bits per heavy atom. The lowest BCUT2D eigenvalue weighted by Crippen LogP contribution is -2.52. The highest BCUT2D eigenvalue weighted by atomic mass is 35.5. The highest BCUT2D eigenvalue weighted by Gasteiger charge is 2.63. The predicted octanol–water partition coefficient (Wildman–Crippen LogP) is 6.78. The molecule has 6 nitrogen and oxygen atoms in total. The molecular weight excluding hydrogens is 595 g/mol. The number of carbonyl (C=O) groups is 4. The molecule has 4 aromatic rings. The fourth-order valence-electron chi connectivity index (χ4n) is 6.80. The smallest absolute Gasteiger partial charge is 0.274 e. The lowest BCUT2D eigenvalue weighted by Gasteiger charge is -2.45. The number of rotatable bonds is 5. The van der Waals surface area contributed by atoms with Crippen LogP contribution in [0, 0.1) is 11.8 Å². The SMILES string of the molecule is O=C(CN(C(=O)c1ccc(Cl)cc1Cl)N1C(=O)[C@H]2C3c4ccccc4C(c4ccccc43)[C@@H]2C1=O)c1ccc(Cl)cc1. The van der Waals surface area contributed by atoms with Gasteiger partial charge in [-0.3, -0.25) is 19.2 Å². The van der Waals surface area contributed by atoms with Gasteiger partial charge < -0.3 is 0 Å². The van der Waals surface area contributed by atoms with Crippen LogP contribution >= 0.6 is 34.8 Å². The first kappa shape index (κ1) is 26.9. The molecule has 0 spiro atoms. The first-order valence-electron chi connectivity index (χ1n) is 13.4. The number of imide groups is 1. The maximum atomic E-state index is 14.4. The molecule has 3 aliphatic carbocycles. The molecule has 0 saturated carbocycles. The summed E-state index contributed by atoms with van der Waals surface area (Å²) in [5.41, 5.74) is 4.29. The summed E-state index contributed by atoms with van der Waals surface area (Å²) in [7, 11) is 0. The average molecular weight is 616 g/mol. The first-order chi connectivity index (χ1) is 20.3. The van der Waals surface area contributed by atoms with Crippen LogP contribution in [-0.4, -0.2) is 40.1 Å². The van der Waals surface area contributed by atoms with E-state index in [1.165, 1.54) is 30.3 Å². The number of hydrogen-bond donors (Lipinski definition) is 0. The van der Waals surface area contributed by atoms with E-state index in [9.17, 15) is 19.2 Å². The molecule has 208 valence electrons. The molecule has 0 unspecified atom stereocenters. The molecule has 4 aliphatic rings. The van der Waals surface area contributed by atoms with Crippen LogP contribution in [0.5, 0.6) is 0 Å². The van der Waals surface area contributed by atoms with Crippen LogP contribution in [0.3, 0.4) is 0 Å². The third-order valence-corrected chi connectivity index (χ3v) is 9.32. The molecule has 1 heterocycles. The van der Waals surface area contributed by atoms with Crippen molar-refractivity contribution in [2.75, 3.05) is 6.54 Å². The van der Waals surface area contributed by atoms with Gasteiger partial charge in [-0.15, -0.1) is 0 Å². The standard InChI is InChI=1S/C33H21Cl3N2O4/c34-18-11-9-17(10-12-18)26(39)16-37(31(40)24-14-13-19(35)15-25(24)36)38-32(41)29-27-20-5-1-2-6-21(20)28(30(29)33(38)42)23-8-4-3-7-22(23)27/h1-15,27-30H,16H2/t27?,28?,29-,30-/m0/s1. The summed E-state index contributed by atoms with van der Waals surface area (Å²) in [5.74, 6) is -4.47. The number of amides is 3. The summed E-state index contributed by atoms with van der Waals surface area (Å²) < 4.78 is 0. The minimum atomic E-state index is -0.762. The van der Waals surface area contributed by atoms with Gasteiger partial charge >= 0.3 is 0 Å². The van der Waals surface area contributed by atoms with Gasteiger partial charge in [0, 0.05) is 27.4 Å². The van der Waals surface area contributed by atoms with E-state index in [2.05, 4.69) is 0 Å². The normalized spacial score (nSPS) is 21.5. The van der Waals surface area contributed by atoms with Crippen LogP contribution in [-0.2, 0) is 9.59 Å². The molecule has 42 heavy (non-hydrogen) atoms. The van der Waals surface area contributed by atoms with Gasteiger partial charge in [0.05, 0.1) is 22.4 Å². The van der Waals surface area contributed by atoms with Crippen molar-refractivity contribution in [1.29, 1.82) is 0 Å². The maximum Gasteiger partial charge on any atom is 0.274 e. The highest BCUT2D eigenvalue weighted by molar-refractivity contribution is 6.37. The Labute approximate surface area is 256 Å². The molecule has 0 radical (unpaired) electrons. The predicted molar refractivity (Wildman–Crippen MR) is 159 cm³/mol. The summed E-state index contributed by atoms with van der Waals surface area (Å²) in [4.78, 5) is 56.3. The Hall–Kier alpha value is -3.97. The number of carbonyl (C=O) groups excluding carboxylic acids is 4. The topological polar surface area (TPSA) is 74.8 Å². The van der Waals surface area contributed by atoms with Crippen LogP contribution in [0.2, 0.25) is 15.1 Å². The second-order valence-electron chi connectivity index (χ2n) is 10.7. The third-order valence-electron chi connectivity index (χ3n) is 8.52. The van der Waals surface area contributed by atoms with Crippen LogP contribution < -0.4 is 0 Å². The molecule has 0 aromatic heterocycles. The number of hydrazine groups is 1. The second-order valence-corrected chi connectivity index (χ2v) is 12.0. The van der Waals surface area contributed by atoms with Crippen molar-refractivity contribution in [2.24, 2.45) is 11.8 Å². The summed E-state index contributed by atoms with van der Waals surface area (Å²) in [6, 6.07) is 26.2. The summed E-state index contributed by atoms with van der Waals surface area (Å²) >= 11 is 18.5. The van der Waals surface area contributed by atoms with Gasteiger partial charge in [0.2, 0.25) is 0 Å². The molecule has 0 N–H and O–H groups in total. The van der Waals surface area contributed by atoms with E-state index in [0.29, 0.717) is 10.0 Å². The summed E-state index contributed by atoms with van der Waals surface area (Å²) in [6.45, 7) is -0.564. The van der Waals surface area contributed by atoms with E-state index in [0.717, 1.165) is 32.3 Å². The van der Waals surface area contributed by atoms with Crippen molar-refractivity contribution in [3.05, 3.63) is 139 Å². The molecule has 2 bridgehead atoms. The minimum absolute atomic E-state index is 0.00925. The second kappa shape index (κ2) is 10.1. The molecule has 1 fully saturated rings. The maximum absolute atomic E-state index is 14.4. The van der Waals surface area contributed by atoms with Crippen molar-refractivity contribution in [1.82, 2.24) is 10.0 Å². The summed E-state index contributed by atoms with van der Waals surface area (Å²) in [6.07, 6.45) is 0. The first-order valence-corrected chi connectivity index (χ1v) is 14.5. The van der Waals surface area contributed by atoms with Gasteiger partial charge in [-0.1, -0.05) is 83.3 Å². The lowest BCUT2D eigenvalue weighted by molar-refractivity contribution is -0.154. The fraction of sp³-hybridized carbons (Fsp3) is 0.152. The average Bonchev–Trinajstić information content (AvgIpc) is 3.25. The van der Waals surface area contributed by atoms with E-state index < -0.39 is 41.9 Å². The Bertz CT molecular complexity index is 1710. The van der Waals surface area contributed by atoms with Crippen LogP contribution in [0.15, 0.2) is 91.0 Å². The number of nitrogens with zero attached hydrogens (tertiary/aromatic N) is 2. The fourth-order valence-corrected chi connectivity index (χ4v) is 7.41. The van der Waals surface area contributed by atoms with Crippen molar-refractivity contribution in [3.8, 4) is 0 Å².